The summed E-state index contributed by atoms with van der Waals surface area (Å²) < 4.78 is 11.5. The number of ether oxygens (including phenoxy) is 2. The molecule has 0 unspecified atom stereocenters. The molecule has 0 N–H and O–H groups in total. The molecule has 164 valence electrons. The Bertz CT molecular complexity index is 963. The zero-order chi connectivity index (χ0) is 22.2. The highest BCUT2D eigenvalue weighted by Gasteiger charge is 2.37. The van der Waals surface area contributed by atoms with Crippen LogP contribution in [0.5, 0.6) is 11.5 Å². The van der Waals surface area contributed by atoms with E-state index >= 15 is 0 Å². The van der Waals surface area contributed by atoms with Crippen LogP contribution in [0.1, 0.15) is 37.3 Å². The van der Waals surface area contributed by atoms with Crippen LogP contribution in [-0.2, 0) is 11.3 Å². The first kappa shape index (κ1) is 23.3. The quantitative estimate of drug-likeness (QED) is 0.335. The third-order valence-electron chi connectivity index (χ3n) is 4.87. The molecule has 1 aliphatic heterocycles. The van der Waals surface area contributed by atoms with Crippen LogP contribution in [0.3, 0.4) is 0 Å². The van der Waals surface area contributed by atoms with Crippen LogP contribution < -0.4 is 9.47 Å². The van der Waals surface area contributed by atoms with Gasteiger partial charge in [-0.3, -0.25) is 9.69 Å². The highest BCUT2D eigenvalue weighted by molar-refractivity contribution is 9.10. The van der Waals surface area contributed by atoms with Crippen LogP contribution in [0.2, 0.25) is 0 Å². The molecule has 0 bridgehead atoms. The summed E-state index contributed by atoms with van der Waals surface area (Å²) in [5, 5.41) is 9.17. The maximum Gasteiger partial charge on any atom is 0.242 e. The second-order valence-corrected chi connectivity index (χ2v) is 9.12. The number of nitrogens with zero attached hydrogens (tertiary/aromatic N) is 3. The summed E-state index contributed by atoms with van der Waals surface area (Å²) >= 11 is 4.95. The molecular weight excluding hydrogens is 478 g/mol. The van der Waals surface area contributed by atoms with Crippen molar-refractivity contribution in [2.24, 2.45) is 10.2 Å². The average Bonchev–Trinajstić information content (AvgIpc) is 3.07. The number of hydrogen-bond donors (Lipinski definition) is 0. The van der Waals surface area contributed by atoms with E-state index in [1.54, 1.807) is 25.3 Å². The fourth-order valence-electron chi connectivity index (χ4n) is 3.16. The van der Waals surface area contributed by atoms with E-state index in [9.17, 15) is 4.79 Å². The van der Waals surface area contributed by atoms with Crippen molar-refractivity contribution in [2.45, 2.75) is 38.0 Å². The molecule has 2 aromatic rings. The molecule has 0 spiro atoms. The summed E-state index contributed by atoms with van der Waals surface area (Å²) in [4.78, 5) is 14.8. The third kappa shape index (κ3) is 6.11. The van der Waals surface area contributed by atoms with Gasteiger partial charge in [-0.15, -0.1) is 5.10 Å². The third-order valence-corrected chi connectivity index (χ3v) is 6.60. The fraction of sp³-hybridized carbons (Fsp3) is 0.348. The number of unbranched alkanes of at least 4 members (excludes halogenated alkanes) is 1. The lowest BCUT2D eigenvalue weighted by Crippen LogP contribution is -2.31. The summed E-state index contributed by atoms with van der Waals surface area (Å²) in [6.07, 6.45) is 4.54. The van der Waals surface area contributed by atoms with Crippen LogP contribution >= 0.6 is 27.7 Å². The fourth-order valence-corrected chi connectivity index (χ4v) is 4.69. The van der Waals surface area contributed by atoms with Crippen LogP contribution in [0.15, 0.2) is 57.1 Å². The van der Waals surface area contributed by atoms with Crippen molar-refractivity contribution in [3.05, 3.63) is 58.1 Å². The van der Waals surface area contributed by atoms with Crippen molar-refractivity contribution in [2.75, 3.05) is 14.2 Å². The van der Waals surface area contributed by atoms with Gasteiger partial charge in [0.2, 0.25) is 5.91 Å². The van der Waals surface area contributed by atoms with Gasteiger partial charge in [-0.2, -0.15) is 5.10 Å². The van der Waals surface area contributed by atoms with Crippen LogP contribution in [0.4, 0.5) is 0 Å². The van der Waals surface area contributed by atoms with E-state index in [-0.39, 0.29) is 11.2 Å². The zero-order valence-electron chi connectivity index (χ0n) is 17.9. The maximum atomic E-state index is 13.0. The van der Waals surface area contributed by atoms with Gasteiger partial charge in [-0.1, -0.05) is 59.6 Å². The Morgan fingerprint density at radius 2 is 1.94 bits per heavy atom. The predicted octanol–water partition coefficient (Wildman–Crippen LogP) is 5.49. The first-order valence-corrected chi connectivity index (χ1v) is 11.8. The first-order valence-electron chi connectivity index (χ1n) is 10.1. The largest absolute Gasteiger partial charge is 0.497 e. The zero-order valence-corrected chi connectivity index (χ0v) is 20.3. The highest BCUT2D eigenvalue weighted by atomic mass is 79.9. The lowest BCUT2D eigenvalue weighted by atomic mass is 10.1. The Labute approximate surface area is 195 Å². The lowest BCUT2D eigenvalue weighted by Gasteiger charge is -2.16. The van der Waals surface area contributed by atoms with E-state index < -0.39 is 0 Å². The molecule has 6 nitrogen and oxygen atoms in total. The van der Waals surface area contributed by atoms with Gasteiger partial charge >= 0.3 is 0 Å². The molecule has 0 aromatic heterocycles. The molecule has 1 amide bonds. The summed E-state index contributed by atoms with van der Waals surface area (Å²) in [7, 11) is 3.25. The van der Waals surface area contributed by atoms with E-state index in [2.05, 4.69) is 33.1 Å². The number of thioether (sulfide) groups is 1. The van der Waals surface area contributed by atoms with Crippen molar-refractivity contribution in [3.8, 4) is 11.5 Å². The van der Waals surface area contributed by atoms with Crippen molar-refractivity contribution in [3.63, 3.8) is 0 Å². The summed E-state index contributed by atoms with van der Waals surface area (Å²) in [5.74, 6) is 1.58. The molecule has 1 aliphatic rings. The molecule has 0 saturated carbocycles. The van der Waals surface area contributed by atoms with Gasteiger partial charge in [0.25, 0.3) is 0 Å². The topological polar surface area (TPSA) is 63.5 Å². The minimum atomic E-state index is -0.118. The molecule has 8 heteroatoms. The standard InChI is InChI=1S/C23H26BrN3O3S/c1-4-5-6-21-22(28)27(15-16-7-10-19(29-2)11-8-16)23(31-21)26-25-14-17-13-18(24)9-12-20(17)30-3/h7-14,21H,4-6,15H2,1-3H3/b25-14-,26-23+/t21-/m1/s1. The number of methoxy groups -OCH3 is 2. The summed E-state index contributed by atoms with van der Waals surface area (Å²) in [6.45, 7) is 2.58. The maximum absolute atomic E-state index is 13.0. The summed E-state index contributed by atoms with van der Waals surface area (Å²) in [5.41, 5.74) is 1.82. The molecule has 1 fully saturated rings. The monoisotopic (exact) mass is 503 g/mol. The van der Waals surface area contributed by atoms with Crippen molar-refractivity contribution in [1.82, 2.24) is 4.90 Å². The smallest absolute Gasteiger partial charge is 0.242 e. The number of benzene rings is 2. The number of hydrogen-bond acceptors (Lipinski definition) is 6. The second-order valence-electron chi connectivity index (χ2n) is 7.03. The number of carbonyl (C=O) groups is 1. The Hall–Kier alpha value is -2.32. The number of carbonyl (C=O) groups excluding carboxylic acids is 1. The van der Waals surface area contributed by atoms with E-state index in [4.69, 9.17) is 9.47 Å². The summed E-state index contributed by atoms with van der Waals surface area (Å²) in [6, 6.07) is 13.4. The lowest BCUT2D eigenvalue weighted by molar-refractivity contribution is -0.126. The Kier molecular flexibility index (Phi) is 8.54. The molecule has 1 saturated heterocycles. The molecule has 0 radical (unpaired) electrons. The van der Waals surface area contributed by atoms with E-state index in [1.165, 1.54) is 11.8 Å². The van der Waals surface area contributed by atoms with Crippen molar-refractivity contribution >= 4 is 45.0 Å². The van der Waals surface area contributed by atoms with Gasteiger partial charge < -0.3 is 9.47 Å². The van der Waals surface area contributed by atoms with Crippen LogP contribution in [-0.4, -0.2) is 41.7 Å². The van der Waals surface area contributed by atoms with Crippen LogP contribution in [0.25, 0.3) is 0 Å². The SMILES string of the molecule is CCCC[C@H]1S/C(=N/N=C\c2cc(Br)ccc2OC)N(Cc2ccc(OC)cc2)C1=O. The molecule has 2 aromatic carbocycles. The molecular formula is C23H26BrN3O3S. The van der Waals surface area contributed by atoms with Gasteiger partial charge in [-0.05, 0) is 42.3 Å². The predicted molar refractivity (Wildman–Crippen MR) is 130 cm³/mol. The van der Waals surface area contributed by atoms with Gasteiger partial charge in [0.15, 0.2) is 5.17 Å². The van der Waals surface area contributed by atoms with Crippen LogP contribution in [0, 0.1) is 0 Å². The van der Waals surface area contributed by atoms with E-state index in [1.807, 2.05) is 42.5 Å². The minimum Gasteiger partial charge on any atom is -0.497 e. The van der Waals surface area contributed by atoms with Crippen molar-refractivity contribution < 1.29 is 14.3 Å². The first-order chi connectivity index (χ1) is 15.0. The van der Waals surface area contributed by atoms with Gasteiger partial charge in [0.1, 0.15) is 11.5 Å². The normalized spacial score (nSPS) is 17.7. The number of halogens is 1. The molecule has 1 heterocycles. The number of rotatable bonds is 9. The second kappa shape index (κ2) is 11.3. The molecule has 1 atom stereocenters. The Morgan fingerprint density at radius 1 is 1.16 bits per heavy atom. The van der Waals surface area contributed by atoms with Gasteiger partial charge in [0.05, 0.1) is 32.2 Å². The highest BCUT2D eigenvalue weighted by Crippen LogP contribution is 2.32. The number of amidine groups is 1. The minimum absolute atomic E-state index is 0.0863. The molecule has 31 heavy (non-hydrogen) atoms. The molecule has 3 rings (SSSR count). The Balaban J connectivity index is 1.83. The van der Waals surface area contributed by atoms with E-state index in [0.29, 0.717) is 17.5 Å². The number of amides is 1. The van der Waals surface area contributed by atoms with Gasteiger partial charge in [0, 0.05) is 10.0 Å². The van der Waals surface area contributed by atoms with E-state index in [0.717, 1.165) is 40.6 Å². The average molecular weight is 504 g/mol. The van der Waals surface area contributed by atoms with Crippen molar-refractivity contribution in [1.29, 1.82) is 0 Å². The Morgan fingerprint density at radius 3 is 2.61 bits per heavy atom. The van der Waals surface area contributed by atoms with Gasteiger partial charge in [-0.25, -0.2) is 0 Å². The molecule has 0 aliphatic carbocycles.